The van der Waals surface area contributed by atoms with Gasteiger partial charge in [0.15, 0.2) is 0 Å². The summed E-state index contributed by atoms with van der Waals surface area (Å²) in [4.78, 5) is 3.82. The van der Waals surface area contributed by atoms with Gasteiger partial charge < -0.3 is 19.4 Å². The standard InChI is InChI=1S/C8H12BNO4/c1-6(2)13-7-3-8(5-10-4-7)14-9(11)12/h3-6,11-12H,1-2H3. The number of ether oxygens (including phenoxy) is 1. The Morgan fingerprint density at radius 1 is 1.29 bits per heavy atom. The van der Waals surface area contributed by atoms with Crippen molar-refractivity contribution in [3.8, 4) is 11.5 Å². The van der Waals surface area contributed by atoms with Crippen LogP contribution in [0.25, 0.3) is 0 Å². The zero-order chi connectivity index (χ0) is 10.6. The summed E-state index contributed by atoms with van der Waals surface area (Å²) in [5, 5.41) is 17.1. The molecule has 0 saturated heterocycles. The van der Waals surface area contributed by atoms with E-state index < -0.39 is 7.32 Å². The van der Waals surface area contributed by atoms with Crippen molar-refractivity contribution in [2.24, 2.45) is 0 Å². The van der Waals surface area contributed by atoms with Gasteiger partial charge in [-0.1, -0.05) is 0 Å². The molecule has 2 N–H and O–H groups in total. The average Bonchev–Trinajstić information content (AvgIpc) is 2.01. The minimum absolute atomic E-state index is 0.0334. The van der Waals surface area contributed by atoms with Crippen molar-refractivity contribution in [1.82, 2.24) is 4.98 Å². The summed E-state index contributed by atoms with van der Waals surface area (Å²) >= 11 is 0. The van der Waals surface area contributed by atoms with Crippen LogP contribution in [0.3, 0.4) is 0 Å². The van der Waals surface area contributed by atoms with Gasteiger partial charge in [-0.05, 0) is 13.8 Å². The Labute approximate surface area is 82.5 Å². The van der Waals surface area contributed by atoms with E-state index in [4.69, 9.17) is 14.8 Å². The van der Waals surface area contributed by atoms with Crippen molar-refractivity contribution in [2.75, 3.05) is 0 Å². The minimum atomic E-state index is -1.84. The zero-order valence-corrected chi connectivity index (χ0v) is 8.04. The number of nitrogens with zero attached hydrogens (tertiary/aromatic N) is 1. The fourth-order valence-electron chi connectivity index (χ4n) is 0.922. The van der Waals surface area contributed by atoms with Crippen molar-refractivity contribution >= 4 is 7.32 Å². The molecule has 0 radical (unpaired) electrons. The third-order valence-electron chi connectivity index (χ3n) is 1.30. The normalized spacial score (nSPS) is 10.1. The highest BCUT2D eigenvalue weighted by atomic mass is 16.6. The maximum atomic E-state index is 8.54. The lowest BCUT2D eigenvalue weighted by Gasteiger charge is -2.10. The van der Waals surface area contributed by atoms with E-state index in [1.807, 2.05) is 13.8 Å². The monoisotopic (exact) mass is 197 g/mol. The number of rotatable bonds is 4. The highest BCUT2D eigenvalue weighted by Crippen LogP contribution is 2.18. The lowest BCUT2D eigenvalue weighted by molar-refractivity contribution is 0.239. The molecule has 0 spiro atoms. The van der Waals surface area contributed by atoms with E-state index in [0.29, 0.717) is 5.75 Å². The molecule has 5 nitrogen and oxygen atoms in total. The Balaban J connectivity index is 2.68. The minimum Gasteiger partial charge on any atom is -0.511 e. The van der Waals surface area contributed by atoms with Gasteiger partial charge >= 0.3 is 7.32 Å². The molecule has 76 valence electrons. The van der Waals surface area contributed by atoms with Gasteiger partial charge in [-0.3, -0.25) is 4.98 Å². The van der Waals surface area contributed by atoms with Crippen molar-refractivity contribution in [3.05, 3.63) is 18.5 Å². The molecule has 0 amide bonds. The third-order valence-corrected chi connectivity index (χ3v) is 1.30. The second-order valence-electron chi connectivity index (χ2n) is 2.97. The molecule has 14 heavy (non-hydrogen) atoms. The van der Waals surface area contributed by atoms with Crippen LogP contribution in [0.5, 0.6) is 11.5 Å². The smallest absolute Gasteiger partial charge is 0.511 e. The molecule has 1 rings (SSSR count). The van der Waals surface area contributed by atoms with Crippen LogP contribution in [0.4, 0.5) is 0 Å². The maximum Gasteiger partial charge on any atom is 0.707 e. The summed E-state index contributed by atoms with van der Waals surface area (Å²) in [5.41, 5.74) is 0. The van der Waals surface area contributed by atoms with E-state index in [1.165, 1.54) is 18.5 Å². The molecular weight excluding hydrogens is 185 g/mol. The molecule has 0 aromatic carbocycles. The largest absolute Gasteiger partial charge is 0.707 e. The van der Waals surface area contributed by atoms with Crippen molar-refractivity contribution in [2.45, 2.75) is 20.0 Å². The second-order valence-corrected chi connectivity index (χ2v) is 2.97. The summed E-state index contributed by atoms with van der Waals surface area (Å²) in [6.07, 6.45) is 2.93. The van der Waals surface area contributed by atoms with Crippen molar-refractivity contribution < 1.29 is 19.4 Å². The van der Waals surface area contributed by atoms with Gasteiger partial charge in [0, 0.05) is 6.07 Å². The molecular formula is C8H12BNO4. The first-order valence-electron chi connectivity index (χ1n) is 4.22. The van der Waals surface area contributed by atoms with Gasteiger partial charge in [0.05, 0.1) is 18.5 Å². The molecule has 1 heterocycles. The number of pyridine rings is 1. The van der Waals surface area contributed by atoms with E-state index in [9.17, 15) is 0 Å². The summed E-state index contributed by atoms with van der Waals surface area (Å²) < 4.78 is 9.94. The molecule has 0 atom stereocenters. The zero-order valence-electron chi connectivity index (χ0n) is 8.04. The Morgan fingerprint density at radius 3 is 2.50 bits per heavy atom. The molecule has 0 bridgehead atoms. The first kappa shape index (κ1) is 10.8. The van der Waals surface area contributed by atoms with Crippen LogP contribution < -0.4 is 9.39 Å². The van der Waals surface area contributed by atoms with Crippen LogP contribution in [-0.4, -0.2) is 28.5 Å². The first-order valence-corrected chi connectivity index (χ1v) is 4.22. The molecule has 0 aliphatic rings. The molecule has 0 aliphatic heterocycles. The van der Waals surface area contributed by atoms with E-state index >= 15 is 0 Å². The van der Waals surface area contributed by atoms with E-state index in [-0.39, 0.29) is 11.9 Å². The second kappa shape index (κ2) is 4.83. The molecule has 0 saturated carbocycles. The van der Waals surface area contributed by atoms with Crippen LogP contribution in [0.2, 0.25) is 0 Å². The Bertz CT molecular complexity index is 267. The van der Waals surface area contributed by atoms with Gasteiger partial charge in [-0.2, -0.15) is 0 Å². The number of hydrogen-bond donors (Lipinski definition) is 2. The summed E-state index contributed by atoms with van der Waals surface area (Å²) in [7, 11) is -1.84. The average molecular weight is 197 g/mol. The van der Waals surface area contributed by atoms with Crippen LogP contribution in [0.1, 0.15) is 13.8 Å². The topological polar surface area (TPSA) is 71.8 Å². The van der Waals surface area contributed by atoms with Crippen LogP contribution >= 0.6 is 0 Å². The predicted molar refractivity (Wildman–Crippen MR) is 50.8 cm³/mol. The van der Waals surface area contributed by atoms with Crippen LogP contribution in [0, 0.1) is 0 Å². The molecule has 1 aromatic heterocycles. The summed E-state index contributed by atoms with van der Waals surface area (Å²) in [6, 6.07) is 1.53. The molecule has 0 aliphatic carbocycles. The molecule has 1 aromatic rings. The van der Waals surface area contributed by atoms with Crippen LogP contribution in [0.15, 0.2) is 18.5 Å². The van der Waals surface area contributed by atoms with Gasteiger partial charge in [0.2, 0.25) is 0 Å². The highest BCUT2D eigenvalue weighted by molar-refractivity contribution is 6.33. The first-order chi connectivity index (χ1) is 6.58. The SMILES string of the molecule is CC(C)Oc1cncc(OB(O)O)c1. The van der Waals surface area contributed by atoms with Crippen molar-refractivity contribution in [3.63, 3.8) is 0 Å². The quantitative estimate of drug-likeness (QED) is 0.675. The van der Waals surface area contributed by atoms with Gasteiger partial charge in [-0.25, -0.2) is 0 Å². The lowest BCUT2D eigenvalue weighted by Crippen LogP contribution is -2.20. The number of aromatic nitrogens is 1. The highest BCUT2D eigenvalue weighted by Gasteiger charge is 2.11. The molecule has 6 heteroatoms. The number of hydrogen-bond acceptors (Lipinski definition) is 5. The maximum absolute atomic E-state index is 8.54. The Hall–Kier alpha value is -1.27. The van der Waals surface area contributed by atoms with Crippen molar-refractivity contribution in [1.29, 1.82) is 0 Å². The lowest BCUT2D eigenvalue weighted by atomic mass is 10.2. The van der Waals surface area contributed by atoms with Gasteiger partial charge in [0.25, 0.3) is 0 Å². The third kappa shape index (κ3) is 3.63. The Morgan fingerprint density at radius 2 is 1.93 bits per heavy atom. The van der Waals surface area contributed by atoms with E-state index in [2.05, 4.69) is 9.64 Å². The summed E-state index contributed by atoms with van der Waals surface area (Å²) in [6.45, 7) is 3.77. The van der Waals surface area contributed by atoms with E-state index in [1.54, 1.807) is 0 Å². The molecule has 0 unspecified atom stereocenters. The van der Waals surface area contributed by atoms with Crippen LogP contribution in [-0.2, 0) is 0 Å². The fraction of sp³-hybridized carbons (Fsp3) is 0.375. The predicted octanol–water partition coefficient (Wildman–Crippen LogP) is 0.217. The summed E-state index contributed by atoms with van der Waals surface area (Å²) in [5.74, 6) is 0.774. The van der Waals surface area contributed by atoms with Gasteiger partial charge in [0.1, 0.15) is 11.5 Å². The fourth-order valence-corrected chi connectivity index (χ4v) is 0.922. The Kier molecular flexibility index (Phi) is 3.73. The molecule has 0 fully saturated rings. The van der Waals surface area contributed by atoms with Gasteiger partial charge in [-0.15, -0.1) is 0 Å². The van der Waals surface area contributed by atoms with E-state index in [0.717, 1.165) is 0 Å².